The second-order valence-electron chi connectivity index (χ2n) is 5.01. The molecule has 3 aromatic rings. The van der Waals surface area contributed by atoms with Gasteiger partial charge in [-0.2, -0.15) is 8.78 Å². The van der Waals surface area contributed by atoms with Crippen molar-refractivity contribution in [2.24, 2.45) is 0 Å². The predicted molar refractivity (Wildman–Crippen MR) is 94.5 cm³/mol. The Morgan fingerprint density at radius 1 is 1.23 bits per heavy atom. The average molecular weight is 399 g/mol. The third-order valence-corrected chi connectivity index (χ3v) is 5.02. The van der Waals surface area contributed by atoms with Gasteiger partial charge in [0, 0.05) is 22.5 Å². The van der Waals surface area contributed by atoms with E-state index in [1.165, 1.54) is 36.4 Å². The number of nitro benzene ring substituents is 1. The van der Waals surface area contributed by atoms with Crippen molar-refractivity contribution in [3.63, 3.8) is 0 Å². The summed E-state index contributed by atoms with van der Waals surface area (Å²) in [4.78, 5) is 22.7. The molecule has 0 bridgehead atoms. The highest BCUT2D eigenvalue weighted by Crippen LogP contribution is 2.41. The van der Waals surface area contributed by atoms with E-state index in [-0.39, 0.29) is 26.7 Å². The van der Waals surface area contributed by atoms with Gasteiger partial charge < -0.3 is 10.1 Å². The Balaban J connectivity index is 1.91. The molecule has 0 aliphatic heterocycles. The summed E-state index contributed by atoms with van der Waals surface area (Å²) in [7, 11) is 0. The summed E-state index contributed by atoms with van der Waals surface area (Å²) in [5.74, 6) is -0.679. The number of thiophene rings is 1. The van der Waals surface area contributed by atoms with Gasteiger partial charge in [-0.25, -0.2) is 0 Å². The number of nitrogens with zero attached hydrogens (tertiary/aromatic N) is 1. The van der Waals surface area contributed by atoms with Gasteiger partial charge in [0.2, 0.25) is 0 Å². The van der Waals surface area contributed by atoms with E-state index in [4.69, 9.17) is 11.6 Å². The van der Waals surface area contributed by atoms with Crippen LogP contribution in [0, 0.1) is 10.1 Å². The Morgan fingerprint density at radius 3 is 2.54 bits per heavy atom. The fraction of sp³-hybridized carbons (Fsp3) is 0.0625. The molecule has 3 rings (SSSR count). The van der Waals surface area contributed by atoms with Gasteiger partial charge in [-0.15, -0.1) is 11.3 Å². The molecule has 1 amide bonds. The zero-order chi connectivity index (χ0) is 18.8. The molecule has 1 heterocycles. The Bertz CT molecular complexity index is 992. The lowest BCUT2D eigenvalue weighted by Crippen LogP contribution is -2.10. The second-order valence-corrected chi connectivity index (χ2v) is 6.44. The first-order chi connectivity index (χ1) is 12.4. The summed E-state index contributed by atoms with van der Waals surface area (Å²) >= 11 is 7.23. The molecule has 10 heteroatoms. The van der Waals surface area contributed by atoms with Crippen LogP contribution >= 0.6 is 22.9 Å². The number of nitrogens with one attached hydrogen (secondary N) is 1. The van der Waals surface area contributed by atoms with Crippen molar-refractivity contribution in [3.8, 4) is 5.75 Å². The first-order valence-corrected chi connectivity index (χ1v) is 8.28. The van der Waals surface area contributed by atoms with Gasteiger partial charge in [0.05, 0.1) is 15.3 Å². The number of benzene rings is 2. The van der Waals surface area contributed by atoms with Crippen molar-refractivity contribution in [2.75, 3.05) is 5.32 Å². The summed E-state index contributed by atoms with van der Waals surface area (Å²) in [6.07, 6.45) is 0. The lowest BCUT2D eigenvalue weighted by Gasteiger charge is -2.06. The summed E-state index contributed by atoms with van der Waals surface area (Å²) < 4.78 is 30.0. The molecule has 0 unspecified atom stereocenters. The fourth-order valence-corrected chi connectivity index (χ4v) is 3.73. The highest BCUT2D eigenvalue weighted by atomic mass is 35.5. The smallest absolute Gasteiger partial charge is 0.387 e. The van der Waals surface area contributed by atoms with Gasteiger partial charge in [-0.1, -0.05) is 17.7 Å². The lowest BCUT2D eigenvalue weighted by atomic mass is 10.2. The van der Waals surface area contributed by atoms with E-state index in [9.17, 15) is 23.7 Å². The molecular weight excluding hydrogens is 390 g/mol. The van der Waals surface area contributed by atoms with Crippen molar-refractivity contribution in [1.82, 2.24) is 0 Å². The van der Waals surface area contributed by atoms with Crippen molar-refractivity contribution >= 4 is 50.3 Å². The van der Waals surface area contributed by atoms with E-state index < -0.39 is 17.4 Å². The van der Waals surface area contributed by atoms with Crippen LogP contribution in [-0.2, 0) is 0 Å². The van der Waals surface area contributed by atoms with E-state index in [0.29, 0.717) is 10.4 Å². The molecule has 0 aliphatic rings. The topological polar surface area (TPSA) is 81.5 Å². The number of nitro groups is 1. The van der Waals surface area contributed by atoms with E-state index >= 15 is 0 Å². The minimum Gasteiger partial charge on any atom is -0.434 e. The van der Waals surface area contributed by atoms with Crippen LogP contribution in [0.3, 0.4) is 0 Å². The van der Waals surface area contributed by atoms with Crippen molar-refractivity contribution in [3.05, 3.63) is 62.5 Å². The van der Waals surface area contributed by atoms with Gasteiger partial charge in [0.25, 0.3) is 11.6 Å². The molecule has 0 fully saturated rings. The highest BCUT2D eigenvalue weighted by Gasteiger charge is 2.21. The van der Waals surface area contributed by atoms with E-state index in [1.54, 1.807) is 6.07 Å². The molecule has 0 saturated carbocycles. The quantitative estimate of drug-likeness (QED) is 0.466. The normalized spacial score (nSPS) is 10.9. The molecule has 1 N–H and O–H groups in total. The second kappa shape index (κ2) is 7.22. The summed E-state index contributed by atoms with van der Waals surface area (Å²) in [6, 6.07) is 9.74. The van der Waals surface area contributed by atoms with Crippen LogP contribution in [0.1, 0.15) is 9.67 Å². The third kappa shape index (κ3) is 3.58. The Morgan fingerprint density at radius 2 is 1.92 bits per heavy atom. The first kappa shape index (κ1) is 18.0. The molecule has 2 aromatic carbocycles. The zero-order valence-corrected chi connectivity index (χ0v) is 14.3. The number of carbonyl (C=O) groups excluding carboxylic acids is 1. The molecular formula is C16H9ClF2N2O4S. The number of anilines is 1. The van der Waals surface area contributed by atoms with E-state index in [2.05, 4.69) is 10.1 Å². The fourth-order valence-electron chi connectivity index (χ4n) is 2.28. The van der Waals surface area contributed by atoms with Gasteiger partial charge in [0.1, 0.15) is 10.6 Å². The van der Waals surface area contributed by atoms with E-state index in [1.807, 2.05) is 0 Å². The van der Waals surface area contributed by atoms with Gasteiger partial charge in [0.15, 0.2) is 0 Å². The number of halogens is 3. The maximum absolute atomic E-state index is 12.5. The van der Waals surface area contributed by atoms with Crippen molar-refractivity contribution < 1.29 is 23.2 Å². The summed E-state index contributed by atoms with van der Waals surface area (Å²) in [5.41, 5.74) is 0.217. The van der Waals surface area contributed by atoms with Crippen molar-refractivity contribution in [1.29, 1.82) is 0 Å². The number of hydrogen-bond acceptors (Lipinski definition) is 5. The maximum Gasteiger partial charge on any atom is 0.387 e. The summed E-state index contributed by atoms with van der Waals surface area (Å²) in [5, 5.41) is 13.4. The molecule has 0 spiro atoms. The number of fused-ring (bicyclic) bond motifs is 1. The number of amides is 1. The monoisotopic (exact) mass is 398 g/mol. The predicted octanol–water partition coefficient (Wildman–Crippen LogP) is 5.32. The Kier molecular flexibility index (Phi) is 5.01. The molecule has 0 saturated heterocycles. The largest absolute Gasteiger partial charge is 0.434 e. The van der Waals surface area contributed by atoms with Crippen LogP contribution in [-0.4, -0.2) is 17.4 Å². The number of rotatable bonds is 5. The summed E-state index contributed by atoms with van der Waals surface area (Å²) in [6.45, 7) is -3.02. The highest BCUT2D eigenvalue weighted by molar-refractivity contribution is 7.21. The standard InChI is InChI=1S/C16H9ClF2N2O4S/c17-13-12-10(25-16(18)19)2-1-3-11(12)26-14(13)15(22)20-8-4-6-9(7-5-8)21(23)24/h1-7,16H,(H,20,22). The molecule has 134 valence electrons. The number of alkyl halides is 2. The van der Waals surface area contributed by atoms with Gasteiger partial charge in [-0.05, 0) is 24.3 Å². The van der Waals surface area contributed by atoms with E-state index in [0.717, 1.165) is 11.3 Å². The first-order valence-electron chi connectivity index (χ1n) is 7.08. The maximum atomic E-state index is 12.5. The van der Waals surface area contributed by atoms with Crippen LogP contribution in [0.4, 0.5) is 20.2 Å². The molecule has 6 nitrogen and oxygen atoms in total. The number of carbonyl (C=O) groups is 1. The molecule has 0 atom stereocenters. The minimum absolute atomic E-state index is 0.000613. The Hall–Kier alpha value is -2.78. The number of hydrogen-bond donors (Lipinski definition) is 1. The Labute approximate surface area is 154 Å². The molecule has 26 heavy (non-hydrogen) atoms. The number of non-ortho nitro benzene ring substituents is 1. The SMILES string of the molecule is O=C(Nc1ccc([N+](=O)[O-])cc1)c1sc2cccc(OC(F)F)c2c1Cl. The minimum atomic E-state index is -3.02. The van der Waals surface area contributed by atoms with Gasteiger partial charge in [-0.3, -0.25) is 14.9 Å². The molecule has 0 aliphatic carbocycles. The van der Waals surface area contributed by atoms with Crippen molar-refractivity contribution in [2.45, 2.75) is 6.61 Å². The zero-order valence-electron chi connectivity index (χ0n) is 12.7. The average Bonchev–Trinajstić information content (AvgIpc) is 2.93. The molecule has 0 radical (unpaired) electrons. The van der Waals surface area contributed by atoms with Crippen LogP contribution < -0.4 is 10.1 Å². The van der Waals surface area contributed by atoms with Crippen LogP contribution in [0.5, 0.6) is 5.75 Å². The van der Waals surface area contributed by atoms with Crippen LogP contribution in [0.15, 0.2) is 42.5 Å². The lowest BCUT2D eigenvalue weighted by molar-refractivity contribution is -0.384. The third-order valence-electron chi connectivity index (χ3n) is 3.38. The molecule has 1 aromatic heterocycles. The van der Waals surface area contributed by atoms with Crippen LogP contribution in [0.2, 0.25) is 5.02 Å². The number of ether oxygens (including phenoxy) is 1. The van der Waals surface area contributed by atoms with Gasteiger partial charge >= 0.3 is 6.61 Å². The van der Waals surface area contributed by atoms with Crippen LogP contribution in [0.25, 0.3) is 10.1 Å².